The quantitative estimate of drug-likeness (QED) is 0.525. The van der Waals surface area contributed by atoms with Crippen LogP contribution in [0.1, 0.15) is 12.5 Å². The fraction of sp³-hybridized carbons (Fsp3) is 0.273. The van der Waals surface area contributed by atoms with E-state index in [1.165, 1.54) is 42.3 Å². The van der Waals surface area contributed by atoms with Gasteiger partial charge in [0.2, 0.25) is 0 Å². The Hall–Kier alpha value is -2.46. The normalized spacial score (nSPS) is 15.4. The summed E-state index contributed by atoms with van der Waals surface area (Å²) in [6.45, 7) is 4.51. The number of carbonyl (C=O) groups is 1. The van der Waals surface area contributed by atoms with Gasteiger partial charge in [-0.25, -0.2) is 18.5 Å². The van der Waals surface area contributed by atoms with E-state index >= 15 is 0 Å². The van der Waals surface area contributed by atoms with Gasteiger partial charge in [-0.15, -0.1) is 0 Å². The van der Waals surface area contributed by atoms with Gasteiger partial charge in [0, 0.05) is 19.5 Å². The third kappa shape index (κ3) is 5.62. The van der Waals surface area contributed by atoms with E-state index in [0.717, 1.165) is 27.2 Å². The molecular formula is C22H25N3O4S2. The van der Waals surface area contributed by atoms with Crippen molar-refractivity contribution >= 4 is 49.1 Å². The maximum absolute atomic E-state index is 12.3. The van der Waals surface area contributed by atoms with Crippen LogP contribution >= 0.6 is 11.8 Å². The van der Waals surface area contributed by atoms with Gasteiger partial charge in [0.15, 0.2) is 9.99 Å². The van der Waals surface area contributed by atoms with Crippen molar-refractivity contribution in [3.8, 4) is 5.75 Å². The van der Waals surface area contributed by atoms with E-state index in [1.54, 1.807) is 12.2 Å². The van der Waals surface area contributed by atoms with E-state index in [9.17, 15) is 13.6 Å². The summed E-state index contributed by atoms with van der Waals surface area (Å²) in [5, 5.41) is 1.77. The highest BCUT2D eigenvalue weighted by Crippen LogP contribution is 2.27. The van der Waals surface area contributed by atoms with Crippen molar-refractivity contribution in [2.24, 2.45) is 4.99 Å². The van der Waals surface area contributed by atoms with Crippen molar-refractivity contribution in [2.75, 3.05) is 26.5 Å². The van der Waals surface area contributed by atoms with Gasteiger partial charge in [0.1, 0.15) is 10.8 Å². The minimum absolute atomic E-state index is 0.145. The van der Waals surface area contributed by atoms with E-state index in [2.05, 4.69) is 9.98 Å². The number of aromatic nitrogens is 1. The number of carbonyl (C=O) groups excluding carboxylic acids is 1. The first-order chi connectivity index (χ1) is 14.7. The maximum atomic E-state index is 12.3. The standard InChI is InChI=1S/C22H25N3O4S2/c1-5-29-18-8-11-20-16(13-18)12-15(2)22(24-20)30-14-21(26)23-17-6-9-19(10-7-17)31(27,28)25(3)4/h6-13H,5,14H2,1-4H3,(H,27,28). The Morgan fingerprint density at radius 2 is 1.94 bits per heavy atom. The Morgan fingerprint density at radius 1 is 1.23 bits per heavy atom. The lowest BCUT2D eigenvalue weighted by atomic mass is 10.1. The molecule has 9 heteroatoms. The second-order valence-corrected chi connectivity index (χ2v) is 10.2. The van der Waals surface area contributed by atoms with Crippen LogP contribution < -0.4 is 4.74 Å². The summed E-state index contributed by atoms with van der Waals surface area (Å²) in [5.41, 5.74) is 2.25. The summed E-state index contributed by atoms with van der Waals surface area (Å²) in [7, 11) is -0.201. The number of nitrogens with zero attached hydrogens (tertiary/aromatic N) is 3. The highest BCUT2D eigenvalue weighted by Gasteiger charge is 2.14. The van der Waals surface area contributed by atoms with Crippen LogP contribution in [0.15, 0.2) is 58.6 Å². The molecule has 0 aliphatic heterocycles. The molecule has 31 heavy (non-hydrogen) atoms. The lowest BCUT2D eigenvalue weighted by Crippen LogP contribution is -2.27. The van der Waals surface area contributed by atoms with Gasteiger partial charge >= 0.3 is 0 Å². The average molecular weight is 460 g/mol. The molecule has 1 heterocycles. The monoisotopic (exact) mass is 459 g/mol. The molecule has 0 bridgehead atoms. The molecule has 164 valence electrons. The first-order valence-corrected chi connectivity index (χ1v) is 12.1. The number of aryl methyl sites for hydroxylation is 1. The molecule has 0 saturated heterocycles. The van der Waals surface area contributed by atoms with Crippen LogP contribution in [-0.4, -0.2) is 61.0 Å². The number of ether oxygens (including phenoxy) is 1. The number of benzene rings is 1. The second-order valence-electron chi connectivity index (χ2n) is 7.00. The number of hydrogen-bond acceptors (Lipinski definition) is 5. The SMILES string of the molecule is CCOc1ccc2nc(SCC(=O)N=C3C=CC(=S(=O)(O)N(C)C)C=C3)c(C)cc2c1. The van der Waals surface area contributed by atoms with Crippen molar-refractivity contribution < 1.29 is 18.3 Å². The van der Waals surface area contributed by atoms with Crippen LogP contribution in [0.5, 0.6) is 5.75 Å². The Morgan fingerprint density at radius 3 is 2.58 bits per heavy atom. The van der Waals surface area contributed by atoms with E-state index < -0.39 is 9.99 Å². The Bertz CT molecular complexity index is 1200. The van der Waals surface area contributed by atoms with Crippen LogP contribution in [0.3, 0.4) is 0 Å². The molecule has 0 fully saturated rings. The van der Waals surface area contributed by atoms with Crippen LogP contribution in [0.2, 0.25) is 0 Å². The molecule has 0 radical (unpaired) electrons. The van der Waals surface area contributed by atoms with Crippen molar-refractivity contribution in [1.29, 1.82) is 0 Å². The molecule has 1 N–H and O–H groups in total. The van der Waals surface area contributed by atoms with Gasteiger partial charge in [-0.05, 0) is 68.0 Å². The third-order valence-corrected chi connectivity index (χ3v) is 7.42. The molecule has 1 aliphatic carbocycles. The van der Waals surface area contributed by atoms with Crippen molar-refractivity contribution in [2.45, 2.75) is 18.9 Å². The van der Waals surface area contributed by atoms with E-state index in [0.29, 0.717) is 12.3 Å². The molecule has 1 unspecified atom stereocenters. The molecule has 1 aromatic carbocycles. The van der Waals surface area contributed by atoms with Crippen LogP contribution in [0.25, 0.3) is 10.9 Å². The lowest BCUT2D eigenvalue weighted by Gasteiger charge is -2.15. The topological polar surface area (TPSA) is 92.1 Å². The highest BCUT2D eigenvalue weighted by atomic mass is 32.2. The van der Waals surface area contributed by atoms with Crippen molar-refractivity contribution in [3.05, 3.63) is 54.1 Å². The Balaban J connectivity index is 1.69. The summed E-state index contributed by atoms with van der Waals surface area (Å²) in [5.74, 6) is 0.648. The molecule has 0 saturated carbocycles. The maximum Gasteiger partial charge on any atom is 0.256 e. The number of fused-ring (bicyclic) bond motifs is 1. The zero-order valence-electron chi connectivity index (χ0n) is 17.9. The smallest absolute Gasteiger partial charge is 0.256 e. The summed E-state index contributed by atoms with van der Waals surface area (Å²) in [6.07, 6.45) is 6.14. The Kier molecular flexibility index (Phi) is 7.32. The number of amides is 1. The average Bonchev–Trinajstić information content (AvgIpc) is 2.72. The van der Waals surface area contributed by atoms with Crippen LogP contribution in [-0.2, 0) is 14.8 Å². The van der Waals surface area contributed by atoms with Crippen LogP contribution in [0, 0.1) is 6.92 Å². The molecule has 3 rings (SSSR count). The minimum atomic E-state index is -3.26. The molecule has 1 amide bonds. The summed E-state index contributed by atoms with van der Waals surface area (Å²) in [4.78, 5) is 21.3. The van der Waals surface area contributed by atoms with E-state index in [1.807, 2.05) is 38.1 Å². The first kappa shape index (κ1) is 23.2. The van der Waals surface area contributed by atoms with Gasteiger partial charge in [-0.3, -0.25) is 4.79 Å². The number of allylic oxidation sites excluding steroid dienone is 4. The zero-order chi connectivity index (χ0) is 22.6. The summed E-state index contributed by atoms with van der Waals surface area (Å²) in [6, 6.07) is 7.78. The van der Waals surface area contributed by atoms with Gasteiger partial charge in [0.05, 0.1) is 28.5 Å². The van der Waals surface area contributed by atoms with Gasteiger partial charge in [0.25, 0.3) is 5.91 Å². The summed E-state index contributed by atoms with van der Waals surface area (Å²) >= 11 is 1.34. The fourth-order valence-electron chi connectivity index (χ4n) is 2.86. The van der Waals surface area contributed by atoms with Crippen LogP contribution in [0.4, 0.5) is 0 Å². The van der Waals surface area contributed by atoms with E-state index in [4.69, 9.17) is 4.74 Å². The van der Waals surface area contributed by atoms with Crippen molar-refractivity contribution in [1.82, 2.24) is 9.29 Å². The first-order valence-electron chi connectivity index (χ1n) is 9.66. The molecular weight excluding hydrogens is 434 g/mol. The molecule has 1 aromatic heterocycles. The molecule has 0 spiro atoms. The minimum Gasteiger partial charge on any atom is -0.494 e. The lowest BCUT2D eigenvalue weighted by molar-refractivity contribution is -0.115. The second kappa shape index (κ2) is 9.78. The highest BCUT2D eigenvalue weighted by molar-refractivity contribution is 8.00. The molecule has 1 aliphatic rings. The van der Waals surface area contributed by atoms with E-state index in [-0.39, 0.29) is 16.5 Å². The number of rotatable bonds is 6. The molecule has 1 atom stereocenters. The zero-order valence-corrected chi connectivity index (χ0v) is 19.5. The van der Waals surface area contributed by atoms with Gasteiger partial charge in [-0.2, -0.15) is 0 Å². The number of thioether (sulfide) groups is 1. The number of pyridine rings is 1. The van der Waals surface area contributed by atoms with Gasteiger partial charge in [-0.1, -0.05) is 11.8 Å². The third-order valence-electron chi connectivity index (χ3n) is 4.47. The predicted molar refractivity (Wildman–Crippen MR) is 129 cm³/mol. The largest absolute Gasteiger partial charge is 0.494 e. The predicted octanol–water partition coefficient (Wildman–Crippen LogP) is 3.53. The number of hydrogen-bond donors (Lipinski definition) is 1. The Labute approximate surface area is 186 Å². The molecule has 2 aromatic rings. The van der Waals surface area contributed by atoms with Gasteiger partial charge < -0.3 is 9.29 Å². The molecule has 7 nitrogen and oxygen atoms in total. The number of aliphatic imine (C=N–C) groups is 1. The fourth-order valence-corrected chi connectivity index (χ4v) is 4.55. The summed E-state index contributed by atoms with van der Waals surface area (Å²) < 4.78 is 29.0. The van der Waals surface area contributed by atoms with Crippen molar-refractivity contribution in [3.63, 3.8) is 0 Å².